The summed E-state index contributed by atoms with van der Waals surface area (Å²) >= 11 is 3.72. The molecule has 0 bridgehead atoms. The lowest BCUT2D eigenvalue weighted by atomic mass is 10.3. The van der Waals surface area contributed by atoms with E-state index in [1.807, 2.05) is 35.8 Å². The van der Waals surface area contributed by atoms with Gasteiger partial charge in [0.15, 0.2) is 0 Å². The molecule has 0 saturated carbocycles. The van der Waals surface area contributed by atoms with Crippen molar-refractivity contribution in [2.24, 2.45) is 5.73 Å². The van der Waals surface area contributed by atoms with Gasteiger partial charge in [-0.05, 0) is 12.1 Å². The molecule has 0 spiro atoms. The second kappa shape index (κ2) is 6.52. The SMILES string of the molecule is CC(C)(C)Sc1cccnc1CSCCN. The molecule has 0 amide bonds. The summed E-state index contributed by atoms with van der Waals surface area (Å²) in [7, 11) is 0. The van der Waals surface area contributed by atoms with Crippen LogP contribution in [-0.4, -0.2) is 22.0 Å². The molecule has 0 atom stereocenters. The summed E-state index contributed by atoms with van der Waals surface area (Å²) in [5.41, 5.74) is 6.67. The Kier molecular flexibility index (Phi) is 5.66. The Labute approximate surface area is 107 Å². The Bertz CT molecular complexity index is 321. The number of aromatic nitrogens is 1. The van der Waals surface area contributed by atoms with Crippen LogP contribution in [0.5, 0.6) is 0 Å². The second-order valence-electron chi connectivity index (χ2n) is 4.50. The number of nitrogens with zero attached hydrogens (tertiary/aromatic N) is 1. The van der Waals surface area contributed by atoms with Gasteiger partial charge in [0.2, 0.25) is 0 Å². The van der Waals surface area contributed by atoms with E-state index in [0.29, 0.717) is 0 Å². The first-order valence-corrected chi connectivity index (χ1v) is 7.41. The maximum absolute atomic E-state index is 5.49. The van der Waals surface area contributed by atoms with Crippen LogP contribution >= 0.6 is 23.5 Å². The molecular weight excluding hydrogens is 236 g/mol. The third kappa shape index (κ3) is 5.23. The summed E-state index contributed by atoms with van der Waals surface area (Å²) < 4.78 is 0.232. The van der Waals surface area contributed by atoms with E-state index in [9.17, 15) is 0 Å². The number of hydrogen-bond donors (Lipinski definition) is 1. The number of pyridine rings is 1. The van der Waals surface area contributed by atoms with Crippen molar-refractivity contribution < 1.29 is 0 Å². The van der Waals surface area contributed by atoms with Crippen molar-refractivity contribution >= 4 is 23.5 Å². The molecule has 0 aliphatic carbocycles. The van der Waals surface area contributed by atoms with Crippen LogP contribution in [0, 0.1) is 0 Å². The van der Waals surface area contributed by atoms with Crippen molar-refractivity contribution in [3.05, 3.63) is 24.0 Å². The first kappa shape index (κ1) is 13.9. The van der Waals surface area contributed by atoms with Gasteiger partial charge in [-0.15, -0.1) is 11.8 Å². The highest BCUT2D eigenvalue weighted by Crippen LogP contribution is 2.34. The predicted octanol–water partition coefficient (Wildman–Crippen LogP) is 3.16. The predicted molar refractivity (Wildman–Crippen MR) is 75.1 cm³/mol. The summed E-state index contributed by atoms with van der Waals surface area (Å²) in [6.07, 6.45) is 1.87. The van der Waals surface area contributed by atoms with E-state index in [1.54, 1.807) is 0 Å². The highest BCUT2D eigenvalue weighted by molar-refractivity contribution is 8.01. The lowest BCUT2D eigenvalue weighted by Crippen LogP contribution is -2.08. The van der Waals surface area contributed by atoms with E-state index in [4.69, 9.17) is 5.73 Å². The van der Waals surface area contributed by atoms with Crippen molar-refractivity contribution in [2.45, 2.75) is 36.2 Å². The molecule has 90 valence electrons. The first-order valence-electron chi connectivity index (χ1n) is 5.43. The van der Waals surface area contributed by atoms with Gasteiger partial charge in [-0.1, -0.05) is 20.8 Å². The van der Waals surface area contributed by atoms with Crippen LogP contribution < -0.4 is 5.73 Å². The van der Waals surface area contributed by atoms with Gasteiger partial charge >= 0.3 is 0 Å². The van der Waals surface area contributed by atoms with Crippen LogP contribution in [-0.2, 0) is 5.75 Å². The van der Waals surface area contributed by atoms with Crippen molar-refractivity contribution in [1.29, 1.82) is 0 Å². The average Bonchev–Trinajstić information content (AvgIpc) is 2.19. The number of hydrogen-bond acceptors (Lipinski definition) is 4. The van der Waals surface area contributed by atoms with E-state index in [0.717, 1.165) is 18.1 Å². The van der Waals surface area contributed by atoms with Gasteiger partial charge in [-0.25, -0.2) is 0 Å². The highest BCUT2D eigenvalue weighted by atomic mass is 32.2. The lowest BCUT2D eigenvalue weighted by molar-refractivity contribution is 0.801. The molecule has 0 aliphatic heterocycles. The van der Waals surface area contributed by atoms with E-state index in [-0.39, 0.29) is 4.75 Å². The smallest absolute Gasteiger partial charge is 0.0638 e. The third-order valence-corrected chi connectivity index (χ3v) is 3.97. The molecule has 0 unspecified atom stereocenters. The van der Waals surface area contributed by atoms with Crippen LogP contribution in [0.1, 0.15) is 26.5 Å². The molecule has 0 fully saturated rings. The molecule has 0 aromatic carbocycles. The summed E-state index contributed by atoms with van der Waals surface area (Å²) in [6.45, 7) is 7.41. The molecular formula is C12H20N2S2. The van der Waals surface area contributed by atoms with Gasteiger partial charge in [0, 0.05) is 33.9 Å². The van der Waals surface area contributed by atoms with Gasteiger partial charge < -0.3 is 5.73 Å². The molecule has 1 rings (SSSR count). The fourth-order valence-corrected chi connectivity index (χ4v) is 3.08. The summed E-state index contributed by atoms with van der Waals surface area (Å²) in [4.78, 5) is 5.74. The lowest BCUT2D eigenvalue weighted by Gasteiger charge is -2.19. The summed E-state index contributed by atoms with van der Waals surface area (Å²) in [5.74, 6) is 1.95. The Morgan fingerprint density at radius 2 is 2.12 bits per heavy atom. The monoisotopic (exact) mass is 256 g/mol. The molecule has 16 heavy (non-hydrogen) atoms. The summed E-state index contributed by atoms with van der Waals surface area (Å²) in [5, 5.41) is 0. The maximum atomic E-state index is 5.49. The Morgan fingerprint density at radius 3 is 2.75 bits per heavy atom. The molecule has 0 radical (unpaired) electrons. The fourth-order valence-electron chi connectivity index (χ4n) is 1.21. The number of thioether (sulfide) groups is 2. The van der Waals surface area contributed by atoms with Gasteiger partial charge in [-0.2, -0.15) is 11.8 Å². The van der Waals surface area contributed by atoms with E-state index < -0.39 is 0 Å². The molecule has 2 nitrogen and oxygen atoms in total. The number of rotatable bonds is 5. The Hall–Kier alpha value is -0.190. The third-order valence-electron chi connectivity index (χ3n) is 1.77. The van der Waals surface area contributed by atoms with Gasteiger partial charge in [0.1, 0.15) is 0 Å². The Morgan fingerprint density at radius 1 is 1.38 bits per heavy atom. The quantitative estimate of drug-likeness (QED) is 0.649. The van der Waals surface area contributed by atoms with Gasteiger partial charge in [-0.3, -0.25) is 4.98 Å². The summed E-state index contributed by atoms with van der Waals surface area (Å²) in [6, 6.07) is 4.16. The Balaban J connectivity index is 2.68. The minimum absolute atomic E-state index is 0.232. The molecule has 0 aliphatic rings. The normalized spacial score (nSPS) is 11.8. The van der Waals surface area contributed by atoms with Crippen LogP contribution in [0.4, 0.5) is 0 Å². The topological polar surface area (TPSA) is 38.9 Å². The minimum atomic E-state index is 0.232. The zero-order valence-electron chi connectivity index (χ0n) is 10.2. The molecule has 2 N–H and O–H groups in total. The van der Waals surface area contributed by atoms with Gasteiger partial charge in [0.05, 0.1) is 5.69 Å². The van der Waals surface area contributed by atoms with Gasteiger partial charge in [0.25, 0.3) is 0 Å². The van der Waals surface area contributed by atoms with Crippen molar-refractivity contribution in [2.75, 3.05) is 12.3 Å². The van der Waals surface area contributed by atoms with Crippen molar-refractivity contribution in [1.82, 2.24) is 4.98 Å². The zero-order valence-corrected chi connectivity index (χ0v) is 11.8. The highest BCUT2D eigenvalue weighted by Gasteiger charge is 2.14. The molecule has 4 heteroatoms. The molecule has 1 aromatic rings. The molecule has 1 heterocycles. The average molecular weight is 256 g/mol. The van der Waals surface area contributed by atoms with E-state index >= 15 is 0 Å². The van der Waals surface area contributed by atoms with Crippen LogP contribution in [0.15, 0.2) is 23.2 Å². The van der Waals surface area contributed by atoms with E-state index in [2.05, 4.69) is 31.8 Å². The standard InChI is InChI=1S/C12H20N2S2/c1-12(2,3)16-11-5-4-7-14-10(11)9-15-8-6-13/h4-5,7H,6,8-9,13H2,1-3H3. The number of nitrogens with two attached hydrogens (primary N) is 1. The largest absolute Gasteiger partial charge is 0.330 e. The van der Waals surface area contributed by atoms with Crippen LogP contribution in [0.25, 0.3) is 0 Å². The maximum Gasteiger partial charge on any atom is 0.0638 e. The van der Waals surface area contributed by atoms with Crippen molar-refractivity contribution in [3.8, 4) is 0 Å². The van der Waals surface area contributed by atoms with Crippen molar-refractivity contribution in [3.63, 3.8) is 0 Å². The van der Waals surface area contributed by atoms with Crippen LogP contribution in [0.2, 0.25) is 0 Å². The minimum Gasteiger partial charge on any atom is -0.330 e. The second-order valence-corrected chi connectivity index (χ2v) is 7.48. The first-order chi connectivity index (χ1) is 7.53. The van der Waals surface area contributed by atoms with Crippen LogP contribution in [0.3, 0.4) is 0 Å². The van der Waals surface area contributed by atoms with E-state index in [1.165, 1.54) is 10.6 Å². The molecule has 0 saturated heterocycles. The fraction of sp³-hybridized carbons (Fsp3) is 0.583. The zero-order chi connectivity index (χ0) is 12.0. The molecule has 1 aromatic heterocycles.